The van der Waals surface area contributed by atoms with Gasteiger partial charge in [0, 0.05) is 50.2 Å². The SMILES string of the molecule is Cc1nc(CN2C[C@@H](Cc3cnccn3)[C@H](O)C2)cc(=O)[nH]1. The summed E-state index contributed by atoms with van der Waals surface area (Å²) in [6, 6.07) is 1.51. The Hall–Kier alpha value is -2.12. The number of nitrogens with zero attached hydrogens (tertiary/aromatic N) is 4. The summed E-state index contributed by atoms with van der Waals surface area (Å²) in [4.78, 5) is 28.9. The van der Waals surface area contributed by atoms with Gasteiger partial charge in [-0.25, -0.2) is 4.98 Å². The van der Waals surface area contributed by atoms with Crippen LogP contribution in [0.1, 0.15) is 17.2 Å². The molecule has 7 heteroatoms. The van der Waals surface area contributed by atoms with Gasteiger partial charge in [-0.1, -0.05) is 0 Å². The average molecular weight is 301 g/mol. The van der Waals surface area contributed by atoms with E-state index in [0.29, 0.717) is 25.3 Å². The molecule has 0 saturated carbocycles. The van der Waals surface area contributed by atoms with Crippen LogP contribution in [0.25, 0.3) is 0 Å². The summed E-state index contributed by atoms with van der Waals surface area (Å²) < 4.78 is 0. The molecule has 116 valence electrons. The summed E-state index contributed by atoms with van der Waals surface area (Å²) in [6.45, 7) is 3.67. The van der Waals surface area contributed by atoms with Gasteiger partial charge in [0.05, 0.1) is 17.5 Å². The van der Waals surface area contributed by atoms with Crippen LogP contribution in [0.2, 0.25) is 0 Å². The van der Waals surface area contributed by atoms with Crippen LogP contribution in [0.5, 0.6) is 0 Å². The molecule has 3 heterocycles. The van der Waals surface area contributed by atoms with Gasteiger partial charge >= 0.3 is 0 Å². The van der Waals surface area contributed by atoms with Gasteiger partial charge in [0.15, 0.2) is 0 Å². The maximum Gasteiger partial charge on any atom is 0.251 e. The van der Waals surface area contributed by atoms with Crippen molar-refractivity contribution in [3.05, 3.63) is 52.2 Å². The molecule has 1 fully saturated rings. The smallest absolute Gasteiger partial charge is 0.251 e. The monoisotopic (exact) mass is 301 g/mol. The highest BCUT2D eigenvalue weighted by atomic mass is 16.3. The summed E-state index contributed by atoms with van der Waals surface area (Å²) in [5.74, 6) is 0.734. The van der Waals surface area contributed by atoms with Crippen molar-refractivity contribution >= 4 is 0 Å². The number of nitrogens with one attached hydrogen (secondary N) is 1. The molecule has 1 aliphatic rings. The number of aromatic nitrogens is 4. The number of likely N-dealkylation sites (tertiary alicyclic amines) is 1. The van der Waals surface area contributed by atoms with Crippen molar-refractivity contribution in [1.29, 1.82) is 0 Å². The quantitative estimate of drug-likeness (QED) is 0.819. The largest absolute Gasteiger partial charge is 0.391 e. The van der Waals surface area contributed by atoms with Crippen molar-refractivity contribution in [3.8, 4) is 0 Å². The molecule has 3 rings (SSSR count). The van der Waals surface area contributed by atoms with E-state index in [1.54, 1.807) is 25.5 Å². The standard InChI is InChI=1S/C15H19N5O2/c1-10-18-13(5-15(22)19-10)8-20-7-11(14(21)9-20)4-12-6-16-2-3-17-12/h2-3,5-6,11,14,21H,4,7-9H2,1H3,(H,18,19,22)/t11-,14-/m1/s1. The van der Waals surface area contributed by atoms with Crippen molar-refractivity contribution in [2.45, 2.75) is 26.0 Å². The lowest BCUT2D eigenvalue weighted by Crippen LogP contribution is -2.23. The van der Waals surface area contributed by atoms with Crippen molar-refractivity contribution in [2.24, 2.45) is 5.92 Å². The second-order valence-electron chi connectivity index (χ2n) is 5.74. The average Bonchev–Trinajstić information content (AvgIpc) is 2.78. The third kappa shape index (κ3) is 3.55. The van der Waals surface area contributed by atoms with Crippen LogP contribution in [0.3, 0.4) is 0 Å². The lowest BCUT2D eigenvalue weighted by molar-refractivity contribution is 0.140. The van der Waals surface area contributed by atoms with E-state index in [2.05, 4.69) is 24.8 Å². The van der Waals surface area contributed by atoms with Crippen LogP contribution >= 0.6 is 0 Å². The summed E-state index contributed by atoms with van der Waals surface area (Å²) in [7, 11) is 0. The molecule has 22 heavy (non-hydrogen) atoms. The Balaban J connectivity index is 1.64. The number of aliphatic hydroxyl groups excluding tert-OH is 1. The fraction of sp³-hybridized carbons (Fsp3) is 0.467. The summed E-state index contributed by atoms with van der Waals surface area (Å²) in [5.41, 5.74) is 1.48. The van der Waals surface area contributed by atoms with Gasteiger partial charge in [0.25, 0.3) is 5.56 Å². The van der Waals surface area contributed by atoms with Crippen LogP contribution in [0.4, 0.5) is 0 Å². The van der Waals surface area contributed by atoms with Gasteiger partial charge in [-0.05, 0) is 13.3 Å². The number of β-amino-alcohol motifs (C(OH)–C–C–N with tert-alkyl or cyclic N) is 1. The Labute approximate surface area is 128 Å². The first kappa shape index (κ1) is 14.8. The van der Waals surface area contributed by atoms with Crippen LogP contribution in [0.15, 0.2) is 29.5 Å². The number of aromatic amines is 1. The predicted molar refractivity (Wildman–Crippen MR) is 80.1 cm³/mol. The third-order valence-corrected chi connectivity index (χ3v) is 3.87. The van der Waals surface area contributed by atoms with E-state index in [1.165, 1.54) is 6.07 Å². The van der Waals surface area contributed by atoms with Gasteiger partial charge < -0.3 is 10.1 Å². The van der Waals surface area contributed by atoms with Gasteiger partial charge in [0.1, 0.15) is 5.82 Å². The number of aliphatic hydroxyl groups is 1. The molecule has 1 saturated heterocycles. The minimum atomic E-state index is -0.398. The molecule has 0 aromatic carbocycles. The van der Waals surface area contributed by atoms with Crippen LogP contribution in [-0.4, -0.2) is 49.1 Å². The maximum atomic E-state index is 11.5. The first-order chi connectivity index (χ1) is 10.6. The lowest BCUT2D eigenvalue weighted by Gasteiger charge is -2.15. The molecule has 0 radical (unpaired) electrons. The van der Waals surface area contributed by atoms with Crippen molar-refractivity contribution in [3.63, 3.8) is 0 Å². The van der Waals surface area contributed by atoms with Gasteiger partial charge in [0.2, 0.25) is 0 Å². The molecule has 1 aliphatic heterocycles. The highest BCUT2D eigenvalue weighted by molar-refractivity contribution is 5.04. The number of hydrogen-bond donors (Lipinski definition) is 2. The molecule has 0 amide bonds. The minimum absolute atomic E-state index is 0.125. The maximum absolute atomic E-state index is 11.5. The van der Waals surface area contributed by atoms with E-state index in [-0.39, 0.29) is 11.5 Å². The predicted octanol–water partition coefficient (Wildman–Crippen LogP) is -0.0963. The highest BCUT2D eigenvalue weighted by Crippen LogP contribution is 2.21. The topological polar surface area (TPSA) is 95.0 Å². The molecule has 7 nitrogen and oxygen atoms in total. The minimum Gasteiger partial charge on any atom is -0.391 e. The molecule has 0 spiro atoms. The van der Waals surface area contributed by atoms with Crippen LogP contribution < -0.4 is 5.56 Å². The normalized spacial score (nSPS) is 22.1. The summed E-state index contributed by atoms with van der Waals surface area (Å²) in [5, 5.41) is 10.2. The van der Waals surface area contributed by atoms with Crippen molar-refractivity contribution in [2.75, 3.05) is 13.1 Å². The van der Waals surface area contributed by atoms with E-state index >= 15 is 0 Å². The van der Waals surface area contributed by atoms with Gasteiger partial charge in [-0.15, -0.1) is 0 Å². The fourth-order valence-corrected chi connectivity index (χ4v) is 2.93. The molecular formula is C15H19N5O2. The van der Waals surface area contributed by atoms with Gasteiger partial charge in [-0.2, -0.15) is 0 Å². The zero-order valence-electron chi connectivity index (χ0n) is 12.4. The van der Waals surface area contributed by atoms with Crippen molar-refractivity contribution in [1.82, 2.24) is 24.8 Å². The Morgan fingerprint density at radius 3 is 2.95 bits per heavy atom. The fourth-order valence-electron chi connectivity index (χ4n) is 2.93. The first-order valence-corrected chi connectivity index (χ1v) is 7.32. The van der Waals surface area contributed by atoms with E-state index in [4.69, 9.17) is 0 Å². The second-order valence-corrected chi connectivity index (χ2v) is 5.74. The molecule has 0 bridgehead atoms. The van der Waals surface area contributed by atoms with Crippen LogP contribution in [-0.2, 0) is 13.0 Å². The van der Waals surface area contributed by atoms with Gasteiger partial charge in [-0.3, -0.25) is 19.7 Å². The highest BCUT2D eigenvalue weighted by Gasteiger charge is 2.31. The molecule has 2 aromatic rings. The molecule has 2 aromatic heterocycles. The van der Waals surface area contributed by atoms with E-state index in [1.807, 2.05) is 0 Å². The van der Waals surface area contributed by atoms with E-state index in [9.17, 15) is 9.90 Å². The van der Waals surface area contributed by atoms with Crippen LogP contribution in [0, 0.1) is 12.8 Å². The summed E-state index contributed by atoms with van der Waals surface area (Å²) in [6.07, 6.45) is 5.34. The molecule has 0 unspecified atom stereocenters. The second kappa shape index (κ2) is 6.33. The van der Waals surface area contributed by atoms with Crippen molar-refractivity contribution < 1.29 is 5.11 Å². The van der Waals surface area contributed by atoms with E-state index in [0.717, 1.165) is 17.9 Å². The Kier molecular flexibility index (Phi) is 4.26. The molecule has 2 N–H and O–H groups in total. The molecule has 0 aliphatic carbocycles. The molecule has 2 atom stereocenters. The number of hydrogen-bond acceptors (Lipinski definition) is 6. The summed E-state index contributed by atoms with van der Waals surface area (Å²) >= 11 is 0. The number of H-pyrrole nitrogens is 1. The zero-order valence-corrected chi connectivity index (χ0v) is 12.4. The zero-order chi connectivity index (χ0) is 15.5. The Bertz CT molecular complexity index is 688. The first-order valence-electron chi connectivity index (χ1n) is 7.32. The lowest BCUT2D eigenvalue weighted by atomic mass is 10.0. The van der Waals surface area contributed by atoms with E-state index < -0.39 is 6.10 Å². The number of aryl methyl sites for hydroxylation is 1. The Morgan fingerprint density at radius 1 is 1.36 bits per heavy atom. The third-order valence-electron chi connectivity index (χ3n) is 3.87. The number of rotatable bonds is 4. The Morgan fingerprint density at radius 2 is 2.23 bits per heavy atom. The molecular weight excluding hydrogens is 282 g/mol.